The standard InChI is InChI=1S/C28H28N2O11S/c1-15(31)37-14-22-23(38-16(2)32)24(39-17(3)33)25(40-18(4)34)27(41-22)42-28-29-21(13-20-11-8-12-36-20)26(35)30(28)19-9-6-5-7-10-19/h5-13,22-25,27H,14H2,1-4H3/b21-13+/t22-,23+,24+,25-,27+/m1/s1. The number of furan rings is 1. The molecule has 1 saturated heterocycles. The van der Waals surface area contributed by atoms with Crippen molar-refractivity contribution in [1.82, 2.24) is 0 Å². The number of nitrogens with zero attached hydrogens (tertiary/aromatic N) is 2. The Morgan fingerprint density at radius 1 is 0.881 bits per heavy atom. The normalized spacial score (nSPS) is 24.6. The van der Waals surface area contributed by atoms with Crippen LogP contribution >= 0.6 is 11.8 Å². The van der Waals surface area contributed by atoms with Crippen molar-refractivity contribution < 1.29 is 52.1 Å². The molecular weight excluding hydrogens is 572 g/mol. The van der Waals surface area contributed by atoms with Crippen LogP contribution in [-0.4, -0.2) is 71.4 Å². The van der Waals surface area contributed by atoms with E-state index < -0.39 is 59.6 Å². The Hall–Kier alpha value is -4.43. The fourth-order valence-corrected chi connectivity index (χ4v) is 5.47. The van der Waals surface area contributed by atoms with Crippen molar-refractivity contribution in [3.63, 3.8) is 0 Å². The Morgan fingerprint density at radius 3 is 2.12 bits per heavy atom. The number of aliphatic imine (C=N–C) groups is 1. The van der Waals surface area contributed by atoms with Crippen LogP contribution in [0.3, 0.4) is 0 Å². The Balaban J connectivity index is 1.77. The number of ether oxygens (including phenoxy) is 5. The summed E-state index contributed by atoms with van der Waals surface area (Å²) in [6.45, 7) is 4.22. The van der Waals surface area contributed by atoms with Gasteiger partial charge in [-0.05, 0) is 24.3 Å². The molecule has 0 saturated carbocycles. The van der Waals surface area contributed by atoms with Crippen molar-refractivity contribution in [1.29, 1.82) is 0 Å². The second kappa shape index (κ2) is 13.5. The lowest BCUT2D eigenvalue weighted by Gasteiger charge is -2.44. The van der Waals surface area contributed by atoms with Crippen molar-refractivity contribution >= 4 is 58.5 Å². The SMILES string of the molecule is CC(=O)OC[C@H]1O[C@@H](SC2=N/C(=C/c3ccco3)C(=O)N2c2ccccc2)[C@H](OC(C)=O)[C@@H](OC(C)=O)[C@H]1OC(C)=O. The van der Waals surface area contributed by atoms with Crippen LogP contribution in [0.15, 0.2) is 63.8 Å². The summed E-state index contributed by atoms with van der Waals surface area (Å²) in [5.41, 5.74) is -0.629. The number of amides is 1. The molecule has 13 nitrogen and oxygen atoms in total. The fraction of sp³-hybridized carbons (Fsp3) is 0.357. The van der Waals surface area contributed by atoms with E-state index in [1.54, 1.807) is 42.5 Å². The molecule has 1 aromatic heterocycles. The van der Waals surface area contributed by atoms with Gasteiger partial charge in [0.05, 0.1) is 12.0 Å². The summed E-state index contributed by atoms with van der Waals surface area (Å²) in [5, 5.41) is 0.143. The molecule has 2 aromatic rings. The van der Waals surface area contributed by atoms with Crippen molar-refractivity contribution in [2.75, 3.05) is 11.5 Å². The summed E-state index contributed by atoms with van der Waals surface area (Å²) >= 11 is 0.903. The molecule has 42 heavy (non-hydrogen) atoms. The van der Waals surface area contributed by atoms with Gasteiger partial charge in [0.25, 0.3) is 5.91 Å². The van der Waals surface area contributed by atoms with E-state index in [0.29, 0.717) is 11.4 Å². The van der Waals surface area contributed by atoms with Gasteiger partial charge in [0.15, 0.2) is 28.9 Å². The number of carbonyl (C=O) groups excluding carboxylic acids is 5. The van der Waals surface area contributed by atoms with E-state index >= 15 is 0 Å². The smallest absolute Gasteiger partial charge is 0.303 e. The number of hydrogen-bond acceptors (Lipinski definition) is 13. The Morgan fingerprint density at radius 2 is 1.52 bits per heavy atom. The van der Waals surface area contributed by atoms with Gasteiger partial charge in [-0.1, -0.05) is 30.0 Å². The van der Waals surface area contributed by atoms with Crippen LogP contribution in [0.2, 0.25) is 0 Å². The second-order valence-corrected chi connectivity index (χ2v) is 10.2. The number of amidine groups is 1. The molecule has 2 aliphatic rings. The van der Waals surface area contributed by atoms with E-state index in [4.69, 9.17) is 28.1 Å². The van der Waals surface area contributed by atoms with Gasteiger partial charge >= 0.3 is 23.9 Å². The molecule has 2 aliphatic heterocycles. The second-order valence-electron chi connectivity index (χ2n) is 9.10. The maximum atomic E-state index is 13.5. The number of carbonyl (C=O) groups is 5. The molecular formula is C28H28N2O11S. The molecule has 0 unspecified atom stereocenters. The summed E-state index contributed by atoms with van der Waals surface area (Å²) in [5.74, 6) is -2.94. The van der Waals surface area contributed by atoms with Crippen molar-refractivity contribution in [3.8, 4) is 0 Å². The van der Waals surface area contributed by atoms with Crippen LogP contribution in [-0.2, 0) is 47.7 Å². The number of thioether (sulfide) groups is 1. The molecule has 3 heterocycles. The quantitative estimate of drug-likeness (QED) is 0.248. The molecule has 14 heteroatoms. The minimum absolute atomic E-state index is 0.0573. The molecule has 0 N–H and O–H groups in total. The van der Waals surface area contributed by atoms with Gasteiger partial charge in [-0.3, -0.25) is 28.9 Å². The third-order valence-electron chi connectivity index (χ3n) is 5.84. The first kappa shape index (κ1) is 30.5. The van der Waals surface area contributed by atoms with Crippen molar-refractivity contribution in [2.24, 2.45) is 4.99 Å². The average Bonchev–Trinajstić information content (AvgIpc) is 3.54. The number of rotatable bonds is 8. The van der Waals surface area contributed by atoms with Crippen LogP contribution in [0.1, 0.15) is 33.5 Å². The lowest BCUT2D eigenvalue weighted by Crippen LogP contribution is -2.61. The van der Waals surface area contributed by atoms with Gasteiger partial charge in [-0.25, -0.2) is 4.99 Å². The van der Waals surface area contributed by atoms with E-state index in [-0.39, 0.29) is 17.5 Å². The number of hydrogen-bond donors (Lipinski definition) is 0. The number of benzene rings is 1. The van der Waals surface area contributed by atoms with Gasteiger partial charge in [0.1, 0.15) is 24.2 Å². The van der Waals surface area contributed by atoms with Crippen LogP contribution in [0, 0.1) is 0 Å². The predicted octanol–water partition coefficient (Wildman–Crippen LogP) is 2.84. The highest BCUT2D eigenvalue weighted by atomic mass is 32.2. The molecule has 5 atom stereocenters. The topological polar surface area (TPSA) is 160 Å². The third-order valence-corrected chi connectivity index (χ3v) is 6.93. The molecule has 222 valence electrons. The zero-order valence-electron chi connectivity index (χ0n) is 23.1. The molecule has 0 bridgehead atoms. The van der Waals surface area contributed by atoms with Crippen LogP contribution in [0.4, 0.5) is 5.69 Å². The molecule has 0 spiro atoms. The molecule has 1 amide bonds. The summed E-state index contributed by atoms with van der Waals surface area (Å²) in [6, 6.07) is 12.0. The predicted molar refractivity (Wildman–Crippen MR) is 148 cm³/mol. The molecule has 1 fully saturated rings. The first-order chi connectivity index (χ1) is 20.0. The number of para-hydroxylation sites is 1. The maximum Gasteiger partial charge on any atom is 0.303 e. The highest BCUT2D eigenvalue weighted by Gasteiger charge is 2.53. The molecule has 1 aromatic carbocycles. The summed E-state index contributed by atoms with van der Waals surface area (Å²) in [7, 11) is 0. The molecule has 0 aliphatic carbocycles. The van der Waals surface area contributed by atoms with Gasteiger partial charge in [-0.2, -0.15) is 0 Å². The minimum atomic E-state index is -1.36. The van der Waals surface area contributed by atoms with Crippen molar-refractivity contribution in [2.45, 2.75) is 57.5 Å². The third kappa shape index (κ3) is 7.44. The molecule has 4 rings (SSSR count). The number of anilines is 1. The van der Waals surface area contributed by atoms with Crippen LogP contribution in [0.5, 0.6) is 0 Å². The summed E-state index contributed by atoms with van der Waals surface area (Å²) in [6.07, 6.45) is -2.21. The monoisotopic (exact) mass is 600 g/mol. The van der Waals surface area contributed by atoms with Crippen LogP contribution < -0.4 is 4.90 Å². The highest BCUT2D eigenvalue weighted by Crippen LogP contribution is 2.38. The van der Waals surface area contributed by atoms with Crippen LogP contribution in [0.25, 0.3) is 6.08 Å². The summed E-state index contributed by atoms with van der Waals surface area (Å²) < 4.78 is 33.1. The Labute approximate surface area is 244 Å². The average molecular weight is 601 g/mol. The Bertz CT molecular complexity index is 1390. The highest BCUT2D eigenvalue weighted by molar-refractivity contribution is 8.14. The van der Waals surface area contributed by atoms with Crippen molar-refractivity contribution in [3.05, 3.63) is 60.2 Å². The van der Waals surface area contributed by atoms with E-state index in [0.717, 1.165) is 32.5 Å². The lowest BCUT2D eigenvalue weighted by molar-refractivity contribution is -0.237. The van der Waals surface area contributed by atoms with Gasteiger partial charge in [0.2, 0.25) is 0 Å². The first-order valence-electron chi connectivity index (χ1n) is 12.7. The summed E-state index contributed by atoms with van der Waals surface area (Å²) in [4.78, 5) is 67.4. The van der Waals surface area contributed by atoms with E-state index in [1.807, 2.05) is 0 Å². The fourth-order valence-electron chi connectivity index (χ4n) is 4.28. The maximum absolute atomic E-state index is 13.5. The van der Waals surface area contributed by atoms with E-state index in [9.17, 15) is 24.0 Å². The van der Waals surface area contributed by atoms with Gasteiger partial charge in [0, 0.05) is 33.8 Å². The van der Waals surface area contributed by atoms with Gasteiger partial charge in [-0.15, -0.1) is 0 Å². The number of esters is 4. The van der Waals surface area contributed by atoms with E-state index in [2.05, 4.69) is 4.99 Å². The Kier molecular flexibility index (Phi) is 9.80. The molecule has 0 radical (unpaired) electrons. The largest absolute Gasteiger partial charge is 0.465 e. The van der Waals surface area contributed by atoms with E-state index in [1.165, 1.54) is 24.2 Å². The first-order valence-corrected chi connectivity index (χ1v) is 13.6. The van der Waals surface area contributed by atoms with Gasteiger partial charge < -0.3 is 28.1 Å². The lowest BCUT2D eigenvalue weighted by atomic mass is 9.99. The zero-order valence-corrected chi connectivity index (χ0v) is 23.9. The minimum Gasteiger partial charge on any atom is -0.465 e. The zero-order chi connectivity index (χ0) is 30.4.